The minimum Gasteiger partial charge on any atom is -0.494 e. The van der Waals surface area contributed by atoms with Crippen LogP contribution in [0.25, 0.3) is 0 Å². The normalized spacial score (nSPS) is 15.1. The molecule has 1 fully saturated rings. The molecule has 0 saturated heterocycles. The number of rotatable bonds is 11. The maximum atomic E-state index is 13.6. The third-order valence-corrected chi connectivity index (χ3v) is 5.89. The second-order valence-electron chi connectivity index (χ2n) is 8.78. The van der Waals surface area contributed by atoms with E-state index in [0.29, 0.717) is 17.9 Å². The number of amides is 2. The second-order valence-corrected chi connectivity index (χ2v) is 8.78. The first-order chi connectivity index (χ1) is 15.8. The molecule has 0 bridgehead atoms. The van der Waals surface area contributed by atoms with E-state index in [-0.39, 0.29) is 36.6 Å². The average molecular weight is 464 g/mol. The van der Waals surface area contributed by atoms with Crippen molar-refractivity contribution in [3.05, 3.63) is 29.6 Å². The third kappa shape index (κ3) is 9.37. The number of methoxy groups -OCH3 is 1. The molecule has 0 heterocycles. The molecule has 2 rings (SSSR count). The summed E-state index contributed by atoms with van der Waals surface area (Å²) in [5, 5.41) is 16.5. The second kappa shape index (κ2) is 13.8. The number of benzene rings is 1. The van der Waals surface area contributed by atoms with Crippen LogP contribution < -0.4 is 20.7 Å². The number of ether oxygens (including phenoxy) is 1. The lowest BCUT2D eigenvalue weighted by Crippen LogP contribution is -2.53. The van der Waals surface area contributed by atoms with E-state index in [4.69, 9.17) is 10.1 Å². The van der Waals surface area contributed by atoms with Crippen molar-refractivity contribution < 1.29 is 18.7 Å². The van der Waals surface area contributed by atoms with Crippen LogP contribution in [-0.4, -0.2) is 56.0 Å². The van der Waals surface area contributed by atoms with Crippen molar-refractivity contribution in [2.75, 3.05) is 27.2 Å². The lowest BCUT2D eigenvalue weighted by Gasteiger charge is -2.27. The maximum absolute atomic E-state index is 13.6. The number of carbonyl (C=O) groups excluding carboxylic acids is 2. The SMILES string of the molecule is CCCN(C)CC(=O)NC(=N)N[C@H](CC1CCCCC1)C(=O)NCc1ccc(F)c(OC)c1. The van der Waals surface area contributed by atoms with Crippen LogP contribution >= 0.6 is 0 Å². The average Bonchev–Trinajstić information content (AvgIpc) is 2.78. The lowest BCUT2D eigenvalue weighted by atomic mass is 9.84. The fourth-order valence-electron chi connectivity index (χ4n) is 4.21. The van der Waals surface area contributed by atoms with Gasteiger partial charge in [0, 0.05) is 6.54 Å². The van der Waals surface area contributed by atoms with Crippen LogP contribution in [0.4, 0.5) is 4.39 Å². The zero-order valence-electron chi connectivity index (χ0n) is 20.0. The molecule has 33 heavy (non-hydrogen) atoms. The summed E-state index contributed by atoms with van der Waals surface area (Å²) in [6, 6.07) is 3.81. The zero-order chi connectivity index (χ0) is 24.2. The highest BCUT2D eigenvalue weighted by Crippen LogP contribution is 2.27. The molecule has 1 aliphatic rings. The number of hydrogen-bond acceptors (Lipinski definition) is 5. The number of likely N-dealkylation sites (N-methyl/N-ethyl adjacent to an activating group) is 1. The van der Waals surface area contributed by atoms with Gasteiger partial charge in [0.2, 0.25) is 11.8 Å². The molecule has 1 aliphatic carbocycles. The highest BCUT2D eigenvalue weighted by atomic mass is 19.1. The van der Waals surface area contributed by atoms with Crippen LogP contribution in [0.15, 0.2) is 18.2 Å². The van der Waals surface area contributed by atoms with Crippen molar-refractivity contribution in [1.82, 2.24) is 20.9 Å². The highest BCUT2D eigenvalue weighted by Gasteiger charge is 2.25. The quantitative estimate of drug-likeness (QED) is 0.298. The van der Waals surface area contributed by atoms with Gasteiger partial charge in [-0.3, -0.25) is 25.2 Å². The smallest absolute Gasteiger partial charge is 0.242 e. The highest BCUT2D eigenvalue weighted by molar-refractivity contribution is 5.98. The lowest BCUT2D eigenvalue weighted by molar-refractivity contribution is -0.124. The van der Waals surface area contributed by atoms with Gasteiger partial charge in [0.1, 0.15) is 6.04 Å². The Labute approximate surface area is 196 Å². The number of guanidine groups is 1. The summed E-state index contributed by atoms with van der Waals surface area (Å²) >= 11 is 0. The van der Waals surface area contributed by atoms with Gasteiger partial charge >= 0.3 is 0 Å². The number of halogens is 1. The van der Waals surface area contributed by atoms with Crippen molar-refractivity contribution in [3.8, 4) is 5.75 Å². The Morgan fingerprint density at radius 3 is 2.67 bits per heavy atom. The van der Waals surface area contributed by atoms with E-state index in [1.165, 1.54) is 19.6 Å². The van der Waals surface area contributed by atoms with Gasteiger partial charge < -0.3 is 15.4 Å². The molecule has 0 unspecified atom stereocenters. The molecular formula is C24H38FN5O3. The van der Waals surface area contributed by atoms with Crippen LogP contribution in [-0.2, 0) is 16.1 Å². The van der Waals surface area contributed by atoms with Gasteiger partial charge in [-0.25, -0.2) is 4.39 Å². The first kappa shape index (κ1) is 26.6. The Kier molecular flexibility index (Phi) is 11.1. The molecule has 9 heteroatoms. The summed E-state index contributed by atoms with van der Waals surface area (Å²) in [7, 11) is 3.24. The molecule has 0 radical (unpaired) electrons. The largest absolute Gasteiger partial charge is 0.494 e. The van der Waals surface area contributed by atoms with Crippen molar-refractivity contribution in [2.24, 2.45) is 5.92 Å². The van der Waals surface area contributed by atoms with Crippen LogP contribution in [0.5, 0.6) is 5.75 Å². The third-order valence-electron chi connectivity index (χ3n) is 5.89. The van der Waals surface area contributed by atoms with E-state index in [1.807, 2.05) is 18.9 Å². The molecule has 4 N–H and O–H groups in total. The Hall–Kier alpha value is -2.68. The molecule has 184 valence electrons. The molecule has 8 nitrogen and oxygen atoms in total. The van der Waals surface area contributed by atoms with Gasteiger partial charge in [-0.1, -0.05) is 45.1 Å². The molecule has 0 aliphatic heterocycles. The summed E-state index contributed by atoms with van der Waals surface area (Å²) < 4.78 is 18.6. The Balaban J connectivity index is 1.97. The fraction of sp³-hybridized carbons (Fsp3) is 0.625. The maximum Gasteiger partial charge on any atom is 0.242 e. The Morgan fingerprint density at radius 1 is 1.27 bits per heavy atom. The van der Waals surface area contributed by atoms with Crippen LogP contribution in [0.1, 0.15) is 57.4 Å². The van der Waals surface area contributed by atoms with Gasteiger partial charge in [-0.2, -0.15) is 0 Å². The van der Waals surface area contributed by atoms with Gasteiger partial charge in [0.05, 0.1) is 13.7 Å². The van der Waals surface area contributed by atoms with E-state index in [0.717, 1.165) is 38.6 Å². The molecule has 0 aromatic heterocycles. The molecule has 1 aromatic carbocycles. The van der Waals surface area contributed by atoms with Crippen molar-refractivity contribution in [2.45, 2.75) is 64.5 Å². The summed E-state index contributed by atoms with van der Waals surface area (Å²) in [6.45, 7) is 3.22. The van der Waals surface area contributed by atoms with E-state index < -0.39 is 11.9 Å². The molecule has 1 atom stereocenters. The van der Waals surface area contributed by atoms with E-state index in [2.05, 4.69) is 16.0 Å². The number of carbonyl (C=O) groups is 2. The zero-order valence-corrected chi connectivity index (χ0v) is 20.0. The number of nitrogens with one attached hydrogen (secondary N) is 4. The van der Waals surface area contributed by atoms with Crippen LogP contribution in [0.2, 0.25) is 0 Å². The van der Waals surface area contributed by atoms with Gasteiger partial charge in [0.15, 0.2) is 17.5 Å². The summed E-state index contributed by atoms with van der Waals surface area (Å²) in [5.74, 6) is -0.671. The monoisotopic (exact) mass is 463 g/mol. The standard InChI is InChI=1S/C24H38FN5O3/c1-4-12-30(2)16-22(31)29-24(26)28-20(13-17-8-6-5-7-9-17)23(32)27-15-18-10-11-19(25)21(14-18)33-3/h10-11,14,17,20H,4-9,12-13,15-16H2,1-3H3,(H,27,32)(H3,26,28,29,31)/t20-/m1/s1. The summed E-state index contributed by atoms with van der Waals surface area (Å²) in [4.78, 5) is 27.1. The predicted octanol–water partition coefficient (Wildman–Crippen LogP) is 2.77. The minimum absolute atomic E-state index is 0.121. The van der Waals surface area contributed by atoms with E-state index in [1.54, 1.807) is 12.1 Å². The molecule has 1 aromatic rings. The van der Waals surface area contributed by atoms with Crippen LogP contribution in [0, 0.1) is 17.1 Å². The molecule has 1 saturated carbocycles. The van der Waals surface area contributed by atoms with Gasteiger partial charge in [0.25, 0.3) is 0 Å². The Bertz CT molecular complexity index is 798. The molecule has 2 amide bonds. The topological polar surface area (TPSA) is 107 Å². The summed E-state index contributed by atoms with van der Waals surface area (Å²) in [6.07, 6.45) is 7.14. The fourth-order valence-corrected chi connectivity index (χ4v) is 4.21. The first-order valence-electron chi connectivity index (χ1n) is 11.8. The summed E-state index contributed by atoms with van der Waals surface area (Å²) in [5.41, 5.74) is 0.709. The molecule has 0 spiro atoms. The number of nitrogens with zero attached hydrogens (tertiary/aromatic N) is 1. The minimum atomic E-state index is -0.642. The van der Waals surface area contributed by atoms with Gasteiger partial charge in [-0.05, 0) is 50.0 Å². The van der Waals surface area contributed by atoms with Gasteiger partial charge in [-0.15, -0.1) is 0 Å². The first-order valence-corrected chi connectivity index (χ1v) is 11.8. The van der Waals surface area contributed by atoms with Crippen LogP contribution in [0.3, 0.4) is 0 Å². The van der Waals surface area contributed by atoms with E-state index >= 15 is 0 Å². The van der Waals surface area contributed by atoms with E-state index in [9.17, 15) is 14.0 Å². The number of hydrogen-bond donors (Lipinski definition) is 4. The Morgan fingerprint density at radius 2 is 2.00 bits per heavy atom. The molecular weight excluding hydrogens is 425 g/mol. The van der Waals surface area contributed by atoms with Crippen molar-refractivity contribution >= 4 is 17.8 Å². The predicted molar refractivity (Wildman–Crippen MR) is 127 cm³/mol. The van der Waals surface area contributed by atoms with Crippen molar-refractivity contribution in [3.63, 3.8) is 0 Å². The van der Waals surface area contributed by atoms with Crippen molar-refractivity contribution in [1.29, 1.82) is 5.41 Å².